The Morgan fingerprint density at radius 3 is 2.57 bits per heavy atom. The summed E-state index contributed by atoms with van der Waals surface area (Å²) in [6, 6.07) is 17.0. The van der Waals surface area contributed by atoms with Gasteiger partial charge in [-0.05, 0) is 41.6 Å². The zero-order valence-corrected chi connectivity index (χ0v) is 17.7. The van der Waals surface area contributed by atoms with Crippen molar-refractivity contribution in [3.63, 3.8) is 0 Å². The monoisotopic (exact) mass is 436 g/mol. The minimum atomic E-state index is -0.264. The molecule has 0 aliphatic heterocycles. The molecule has 0 N–H and O–H groups in total. The van der Waals surface area contributed by atoms with Crippen molar-refractivity contribution >= 4 is 38.9 Å². The highest BCUT2D eigenvalue weighted by atomic mass is 35.5. The van der Waals surface area contributed by atoms with E-state index in [1.165, 1.54) is 20.4 Å². The van der Waals surface area contributed by atoms with Crippen LogP contribution in [0.1, 0.15) is 16.7 Å². The lowest BCUT2D eigenvalue weighted by atomic mass is 10.1. The van der Waals surface area contributed by atoms with Crippen LogP contribution in [-0.2, 0) is 13.1 Å². The molecule has 0 fully saturated rings. The van der Waals surface area contributed by atoms with E-state index < -0.39 is 0 Å². The van der Waals surface area contributed by atoms with Gasteiger partial charge in [-0.15, -0.1) is 16.4 Å². The Kier molecular flexibility index (Phi) is 4.56. The third kappa shape index (κ3) is 3.16. The third-order valence-corrected chi connectivity index (χ3v) is 6.20. The molecule has 5 rings (SSSR count). The summed E-state index contributed by atoms with van der Waals surface area (Å²) < 4.78 is 5.03. The smallest absolute Gasteiger partial charge is 0.271 e. The number of aromatic nitrogens is 4. The molecule has 0 aliphatic carbocycles. The van der Waals surface area contributed by atoms with Gasteiger partial charge in [0.25, 0.3) is 5.56 Å². The highest BCUT2D eigenvalue weighted by Crippen LogP contribution is 2.18. The van der Waals surface area contributed by atoms with Crippen molar-refractivity contribution in [3.05, 3.63) is 103 Å². The third-order valence-electron chi connectivity index (χ3n) is 5.06. The zero-order chi connectivity index (χ0) is 20.8. The summed E-state index contributed by atoms with van der Waals surface area (Å²) in [6.45, 7) is 2.64. The molecule has 3 aromatic heterocycles. The zero-order valence-electron chi connectivity index (χ0n) is 16.1. The molecule has 0 saturated carbocycles. The van der Waals surface area contributed by atoms with Gasteiger partial charge >= 0.3 is 5.69 Å². The number of thiophene rings is 1. The molecule has 0 aliphatic rings. The van der Waals surface area contributed by atoms with Gasteiger partial charge in [-0.3, -0.25) is 9.36 Å². The summed E-state index contributed by atoms with van der Waals surface area (Å²) >= 11 is 7.32. The molecule has 0 bridgehead atoms. The second-order valence-corrected chi connectivity index (χ2v) is 8.57. The molecule has 0 atom stereocenters. The average molecular weight is 437 g/mol. The number of fused-ring (bicyclic) bond motifs is 3. The second kappa shape index (κ2) is 7.27. The van der Waals surface area contributed by atoms with Crippen LogP contribution in [0.15, 0.2) is 69.6 Å². The first-order valence-electron chi connectivity index (χ1n) is 9.41. The molecule has 30 heavy (non-hydrogen) atoms. The Hall–Kier alpha value is -3.16. The molecule has 0 saturated heterocycles. The average Bonchev–Trinajstić information content (AvgIpc) is 3.32. The first-order chi connectivity index (χ1) is 14.5. The maximum Gasteiger partial charge on any atom is 0.352 e. The Morgan fingerprint density at radius 2 is 1.80 bits per heavy atom. The number of halogens is 1. The maximum absolute atomic E-state index is 13.2. The van der Waals surface area contributed by atoms with Gasteiger partial charge in [0.1, 0.15) is 4.70 Å². The molecule has 0 radical (unpaired) electrons. The highest BCUT2D eigenvalue weighted by Gasteiger charge is 2.18. The molecule has 3 heterocycles. The molecule has 2 aromatic carbocycles. The van der Waals surface area contributed by atoms with Crippen molar-refractivity contribution in [1.29, 1.82) is 0 Å². The van der Waals surface area contributed by atoms with Crippen molar-refractivity contribution in [2.24, 2.45) is 0 Å². The molecule has 150 valence electrons. The van der Waals surface area contributed by atoms with Gasteiger partial charge in [0, 0.05) is 5.02 Å². The van der Waals surface area contributed by atoms with Crippen LogP contribution in [0.25, 0.3) is 16.0 Å². The Labute approximate surface area is 180 Å². The summed E-state index contributed by atoms with van der Waals surface area (Å²) in [4.78, 5) is 26.4. The number of nitrogens with zero attached hydrogens (tertiary/aromatic N) is 4. The minimum absolute atomic E-state index is 0.157. The largest absolute Gasteiger partial charge is 0.352 e. The summed E-state index contributed by atoms with van der Waals surface area (Å²) in [7, 11) is 0. The lowest BCUT2D eigenvalue weighted by Crippen LogP contribution is -2.26. The standard InChI is InChI=1S/C22H17ClN4O2S/c1-14-3-2-4-16(11-14)13-26-22(29)27-18-9-10-30-19(18)20(28)25(21(27)24-26)12-15-5-7-17(23)8-6-15/h2-11H,12-13H2,1H3. The van der Waals surface area contributed by atoms with E-state index in [0.29, 0.717) is 34.1 Å². The molecule has 0 unspecified atom stereocenters. The van der Waals surface area contributed by atoms with Crippen LogP contribution >= 0.6 is 22.9 Å². The van der Waals surface area contributed by atoms with Crippen molar-refractivity contribution in [2.45, 2.75) is 20.0 Å². The van der Waals surface area contributed by atoms with Gasteiger partial charge in [-0.1, -0.05) is 53.6 Å². The molecular weight excluding hydrogens is 420 g/mol. The van der Waals surface area contributed by atoms with Crippen LogP contribution in [0.2, 0.25) is 5.02 Å². The molecule has 5 aromatic rings. The maximum atomic E-state index is 13.2. The van der Waals surface area contributed by atoms with Crippen LogP contribution in [0.5, 0.6) is 0 Å². The Morgan fingerprint density at radius 1 is 1.00 bits per heavy atom. The van der Waals surface area contributed by atoms with Gasteiger partial charge in [-0.25, -0.2) is 13.9 Å². The summed E-state index contributed by atoms with van der Waals surface area (Å²) in [5, 5.41) is 7.00. The molecule has 0 amide bonds. The summed E-state index contributed by atoms with van der Waals surface area (Å²) in [5.41, 5.74) is 3.17. The van der Waals surface area contributed by atoms with E-state index in [1.54, 1.807) is 22.8 Å². The normalized spacial score (nSPS) is 11.5. The van der Waals surface area contributed by atoms with Crippen LogP contribution < -0.4 is 11.2 Å². The van der Waals surface area contributed by atoms with Crippen molar-refractivity contribution in [3.8, 4) is 0 Å². The number of benzene rings is 2. The SMILES string of the molecule is Cc1cccc(Cn2nc3n(Cc4ccc(Cl)cc4)c(=O)c4sccc4n3c2=O)c1. The number of rotatable bonds is 4. The molecular formula is C22H17ClN4O2S. The number of aryl methyl sites for hydroxylation is 1. The summed E-state index contributed by atoms with van der Waals surface area (Å²) in [5.74, 6) is 0.332. The first kappa shape index (κ1) is 18.8. The first-order valence-corrected chi connectivity index (χ1v) is 10.7. The van der Waals surface area contributed by atoms with Crippen LogP contribution in [0.3, 0.4) is 0 Å². The van der Waals surface area contributed by atoms with Gasteiger partial charge < -0.3 is 0 Å². The fourth-order valence-corrected chi connectivity index (χ4v) is 4.59. The van der Waals surface area contributed by atoms with E-state index in [0.717, 1.165) is 16.7 Å². The van der Waals surface area contributed by atoms with Crippen molar-refractivity contribution < 1.29 is 0 Å². The van der Waals surface area contributed by atoms with Crippen LogP contribution in [-0.4, -0.2) is 18.7 Å². The molecule has 6 nitrogen and oxygen atoms in total. The quantitative estimate of drug-likeness (QED) is 0.429. The van der Waals surface area contributed by atoms with Gasteiger partial charge in [0.15, 0.2) is 0 Å². The second-order valence-electron chi connectivity index (χ2n) is 7.22. The van der Waals surface area contributed by atoms with Crippen molar-refractivity contribution in [2.75, 3.05) is 0 Å². The van der Waals surface area contributed by atoms with Gasteiger partial charge in [0.2, 0.25) is 5.78 Å². The van der Waals surface area contributed by atoms with Crippen LogP contribution in [0, 0.1) is 6.92 Å². The predicted octanol–water partition coefficient (Wildman–Crippen LogP) is 3.93. The van der Waals surface area contributed by atoms with E-state index in [2.05, 4.69) is 5.10 Å². The minimum Gasteiger partial charge on any atom is -0.271 e. The fourth-order valence-electron chi connectivity index (χ4n) is 3.64. The Bertz CT molecular complexity index is 1510. The highest BCUT2D eigenvalue weighted by molar-refractivity contribution is 7.17. The topological polar surface area (TPSA) is 61.3 Å². The molecule has 8 heteroatoms. The van der Waals surface area contributed by atoms with E-state index in [4.69, 9.17) is 11.6 Å². The van der Waals surface area contributed by atoms with Crippen LogP contribution in [0.4, 0.5) is 0 Å². The summed E-state index contributed by atoms with van der Waals surface area (Å²) in [6.07, 6.45) is 0. The van der Waals surface area contributed by atoms with Gasteiger partial charge in [0.05, 0.1) is 18.6 Å². The van der Waals surface area contributed by atoms with Crippen molar-refractivity contribution in [1.82, 2.24) is 18.7 Å². The molecule has 0 spiro atoms. The van der Waals surface area contributed by atoms with Gasteiger partial charge in [-0.2, -0.15) is 0 Å². The van der Waals surface area contributed by atoms with E-state index in [9.17, 15) is 9.59 Å². The number of hydrogen-bond acceptors (Lipinski definition) is 4. The lowest BCUT2D eigenvalue weighted by molar-refractivity contribution is 0.654. The van der Waals surface area contributed by atoms with E-state index in [-0.39, 0.29) is 11.2 Å². The predicted molar refractivity (Wildman–Crippen MR) is 120 cm³/mol. The Balaban J connectivity index is 1.72. The lowest BCUT2D eigenvalue weighted by Gasteiger charge is -2.08. The van der Waals surface area contributed by atoms with E-state index in [1.807, 2.05) is 48.7 Å². The van der Waals surface area contributed by atoms with E-state index >= 15 is 0 Å². The number of hydrogen-bond donors (Lipinski definition) is 0. The fraction of sp³-hybridized carbons (Fsp3) is 0.136.